The molecule has 0 atom stereocenters. The first-order chi connectivity index (χ1) is 6.85. The van der Waals surface area contributed by atoms with Crippen molar-refractivity contribution >= 4 is 10.8 Å². The second-order valence-corrected chi connectivity index (χ2v) is 3.20. The van der Waals surface area contributed by atoms with Crippen molar-refractivity contribution in [2.24, 2.45) is 0 Å². The molecular weight excluding hydrogens is 172 g/mol. The number of hydrogen-bond donors (Lipinski definition) is 0. The summed E-state index contributed by atoms with van der Waals surface area (Å²) >= 11 is 0. The van der Waals surface area contributed by atoms with E-state index < -0.39 is 0 Å². The number of fused-ring (bicyclic) bond motifs is 1. The van der Waals surface area contributed by atoms with Gasteiger partial charge in [-0.2, -0.15) is 5.26 Å². The van der Waals surface area contributed by atoms with Gasteiger partial charge in [-0.3, -0.25) is 4.98 Å². The van der Waals surface area contributed by atoms with Crippen LogP contribution in [0, 0.1) is 11.3 Å². The number of nitrogens with zero attached hydrogens (tertiary/aromatic N) is 2. The van der Waals surface area contributed by atoms with Crippen molar-refractivity contribution in [3.05, 3.63) is 41.7 Å². The molecule has 68 valence electrons. The molecule has 2 heteroatoms. The van der Waals surface area contributed by atoms with E-state index in [9.17, 15) is 0 Å². The minimum Gasteiger partial charge on any atom is -0.264 e. The monoisotopic (exact) mass is 182 g/mol. The summed E-state index contributed by atoms with van der Waals surface area (Å²) < 4.78 is 0. The smallest absolute Gasteiger partial charge is 0.0991 e. The van der Waals surface area contributed by atoms with Crippen LogP contribution in [0.2, 0.25) is 0 Å². The van der Waals surface area contributed by atoms with E-state index in [0.717, 1.165) is 11.8 Å². The topological polar surface area (TPSA) is 36.7 Å². The Labute approximate surface area is 82.8 Å². The maximum Gasteiger partial charge on any atom is 0.0991 e. The molecule has 0 N–H and O–H groups in total. The summed E-state index contributed by atoms with van der Waals surface area (Å²) in [6, 6.07) is 7.85. The first-order valence-electron chi connectivity index (χ1n) is 4.62. The number of rotatable bonds is 1. The largest absolute Gasteiger partial charge is 0.264 e. The molecule has 2 rings (SSSR count). The van der Waals surface area contributed by atoms with Gasteiger partial charge in [-0.15, -0.1) is 0 Å². The minimum absolute atomic E-state index is 0.688. The Hall–Kier alpha value is -1.88. The van der Waals surface area contributed by atoms with Crippen LogP contribution in [0.3, 0.4) is 0 Å². The molecule has 0 saturated carbocycles. The Morgan fingerprint density at radius 2 is 2.21 bits per heavy atom. The van der Waals surface area contributed by atoms with Gasteiger partial charge < -0.3 is 0 Å². The zero-order valence-corrected chi connectivity index (χ0v) is 7.99. The number of aromatic nitrogens is 1. The van der Waals surface area contributed by atoms with Crippen molar-refractivity contribution in [1.82, 2.24) is 4.98 Å². The van der Waals surface area contributed by atoms with E-state index in [1.165, 1.54) is 10.9 Å². The lowest BCUT2D eigenvalue weighted by Crippen LogP contribution is -1.86. The molecule has 0 aliphatic heterocycles. The van der Waals surface area contributed by atoms with E-state index in [-0.39, 0.29) is 0 Å². The third-order valence-electron chi connectivity index (χ3n) is 2.35. The lowest BCUT2D eigenvalue weighted by atomic mass is 10.0. The van der Waals surface area contributed by atoms with Gasteiger partial charge in [0.2, 0.25) is 0 Å². The molecular formula is C12H10N2. The van der Waals surface area contributed by atoms with Crippen molar-refractivity contribution in [1.29, 1.82) is 5.26 Å². The maximum atomic E-state index is 8.75. The van der Waals surface area contributed by atoms with Crippen molar-refractivity contribution in [2.45, 2.75) is 13.3 Å². The SMILES string of the molecule is CCc1cncc2cc(C#N)ccc12. The van der Waals surface area contributed by atoms with Gasteiger partial charge >= 0.3 is 0 Å². The van der Waals surface area contributed by atoms with Crippen LogP contribution in [-0.4, -0.2) is 4.98 Å². The maximum absolute atomic E-state index is 8.75. The normalized spacial score (nSPS) is 10.0. The quantitative estimate of drug-likeness (QED) is 0.679. The summed E-state index contributed by atoms with van der Waals surface area (Å²) in [6.07, 6.45) is 4.65. The molecule has 0 unspecified atom stereocenters. The van der Waals surface area contributed by atoms with Gasteiger partial charge in [0.1, 0.15) is 0 Å². The van der Waals surface area contributed by atoms with E-state index in [1.54, 1.807) is 6.20 Å². The van der Waals surface area contributed by atoms with E-state index in [2.05, 4.69) is 18.0 Å². The highest BCUT2D eigenvalue weighted by Crippen LogP contribution is 2.18. The molecule has 0 radical (unpaired) electrons. The number of benzene rings is 1. The van der Waals surface area contributed by atoms with Crippen LogP contribution in [0.1, 0.15) is 18.1 Å². The fourth-order valence-electron chi connectivity index (χ4n) is 1.59. The molecule has 0 aliphatic carbocycles. The molecule has 1 aromatic heterocycles. The van der Waals surface area contributed by atoms with E-state index in [4.69, 9.17) is 5.26 Å². The van der Waals surface area contributed by atoms with Crippen LogP contribution in [-0.2, 0) is 6.42 Å². The molecule has 0 fully saturated rings. The van der Waals surface area contributed by atoms with Gasteiger partial charge in [0.05, 0.1) is 11.6 Å². The lowest BCUT2D eigenvalue weighted by Gasteiger charge is -2.02. The fraction of sp³-hybridized carbons (Fsp3) is 0.167. The summed E-state index contributed by atoms with van der Waals surface area (Å²) in [5, 5.41) is 11.0. The summed E-state index contributed by atoms with van der Waals surface area (Å²) in [7, 11) is 0. The molecule has 0 bridgehead atoms. The summed E-state index contributed by atoms with van der Waals surface area (Å²) in [5.74, 6) is 0. The average molecular weight is 182 g/mol. The second-order valence-electron chi connectivity index (χ2n) is 3.20. The highest BCUT2D eigenvalue weighted by Gasteiger charge is 2.00. The van der Waals surface area contributed by atoms with Gasteiger partial charge in [0.25, 0.3) is 0 Å². The zero-order chi connectivity index (χ0) is 9.97. The van der Waals surface area contributed by atoms with Gasteiger partial charge in [-0.1, -0.05) is 13.0 Å². The highest BCUT2D eigenvalue weighted by atomic mass is 14.6. The van der Waals surface area contributed by atoms with Crippen molar-refractivity contribution < 1.29 is 0 Å². The molecule has 1 heterocycles. The Kier molecular flexibility index (Phi) is 2.16. The predicted molar refractivity (Wildman–Crippen MR) is 55.8 cm³/mol. The van der Waals surface area contributed by atoms with Crippen molar-refractivity contribution in [3.8, 4) is 6.07 Å². The third kappa shape index (κ3) is 1.33. The zero-order valence-electron chi connectivity index (χ0n) is 7.99. The van der Waals surface area contributed by atoms with E-state index in [0.29, 0.717) is 5.56 Å². The highest BCUT2D eigenvalue weighted by molar-refractivity contribution is 5.85. The van der Waals surface area contributed by atoms with Gasteiger partial charge in [0.15, 0.2) is 0 Å². The molecule has 0 saturated heterocycles. The molecule has 2 aromatic rings. The Morgan fingerprint density at radius 1 is 1.36 bits per heavy atom. The first kappa shape index (κ1) is 8.71. The van der Waals surface area contributed by atoms with Crippen LogP contribution in [0.15, 0.2) is 30.6 Å². The molecule has 0 amide bonds. The summed E-state index contributed by atoms with van der Waals surface area (Å²) in [4.78, 5) is 4.15. The lowest BCUT2D eigenvalue weighted by molar-refractivity contribution is 1.13. The third-order valence-corrected chi connectivity index (χ3v) is 2.35. The van der Waals surface area contributed by atoms with Crippen LogP contribution in [0.25, 0.3) is 10.8 Å². The van der Waals surface area contributed by atoms with Crippen LogP contribution in [0.4, 0.5) is 0 Å². The standard InChI is InChI=1S/C12H10N2/c1-2-10-7-14-8-11-5-9(6-13)3-4-12(10)11/h3-5,7-8H,2H2,1H3. The molecule has 1 aromatic carbocycles. The average Bonchev–Trinajstić information content (AvgIpc) is 2.27. The molecule has 0 aliphatic rings. The predicted octanol–water partition coefficient (Wildman–Crippen LogP) is 2.67. The molecule has 14 heavy (non-hydrogen) atoms. The van der Waals surface area contributed by atoms with Crippen molar-refractivity contribution in [2.75, 3.05) is 0 Å². The number of aryl methyl sites for hydroxylation is 1. The number of nitriles is 1. The van der Waals surface area contributed by atoms with Gasteiger partial charge in [-0.05, 0) is 29.5 Å². The Balaban J connectivity index is 2.75. The molecule has 2 nitrogen and oxygen atoms in total. The number of hydrogen-bond acceptors (Lipinski definition) is 2. The fourth-order valence-corrected chi connectivity index (χ4v) is 1.59. The van der Waals surface area contributed by atoms with Crippen LogP contribution in [0.5, 0.6) is 0 Å². The number of pyridine rings is 1. The molecule has 0 spiro atoms. The van der Waals surface area contributed by atoms with Crippen molar-refractivity contribution in [3.63, 3.8) is 0 Å². The summed E-state index contributed by atoms with van der Waals surface area (Å²) in [5.41, 5.74) is 1.92. The minimum atomic E-state index is 0.688. The van der Waals surface area contributed by atoms with Crippen LogP contribution >= 0.6 is 0 Å². The van der Waals surface area contributed by atoms with E-state index >= 15 is 0 Å². The second kappa shape index (κ2) is 3.47. The Morgan fingerprint density at radius 3 is 2.93 bits per heavy atom. The Bertz CT molecular complexity index is 509. The first-order valence-corrected chi connectivity index (χ1v) is 4.62. The van der Waals surface area contributed by atoms with Gasteiger partial charge in [-0.25, -0.2) is 0 Å². The summed E-state index contributed by atoms with van der Waals surface area (Å²) in [6.45, 7) is 2.11. The van der Waals surface area contributed by atoms with Crippen LogP contribution < -0.4 is 0 Å². The van der Waals surface area contributed by atoms with Gasteiger partial charge in [0, 0.05) is 17.8 Å². The van der Waals surface area contributed by atoms with E-state index in [1.807, 2.05) is 24.4 Å².